The van der Waals surface area contributed by atoms with Crippen LogP contribution in [0.25, 0.3) is 10.9 Å². The monoisotopic (exact) mass is 400 g/mol. The minimum absolute atomic E-state index is 0.0964. The van der Waals surface area contributed by atoms with Gasteiger partial charge in [-0.15, -0.1) is 0 Å². The number of nitrogens with zero attached hydrogens (tertiary/aromatic N) is 3. The smallest absolute Gasteiger partial charge is 0.272 e. The van der Waals surface area contributed by atoms with Gasteiger partial charge in [0.2, 0.25) is 0 Å². The van der Waals surface area contributed by atoms with Gasteiger partial charge in [0.1, 0.15) is 5.75 Å². The van der Waals surface area contributed by atoms with Crippen molar-refractivity contribution in [1.82, 2.24) is 20.0 Å². The predicted octanol–water partition coefficient (Wildman–Crippen LogP) is 3.08. The number of carbonyl (C=O) groups excluding carboxylic acids is 1. The minimum Gasteiger partial charge on any atom is -0.508 e. The van der Waals surface area contributed by atoms with Crippen LogP contribution in [0.4, 0.5) is 0 Å². The first-order valence-corrected chi connectivity index (χ1v) is 10.8. The van der Waals surface area contributed by atoms with Crippen molar-refractivity contribution in [3.8, 4) is 5.75 Å². The molecule has 1 amide bonds. The summed E-state index contributed by atoms with van der Waals surface area (Å²) in [6, 6.07) is 6.05. The summed E-state index contributed by atoms with van der Waals surface area (Å²) in [4.78, 5) is 15.7. The van der Waals surface area contributed by atoms with Crippen molar-refractivity contribution in [1.29, 1.82) is 0 Å². The second kappa shape index (κ2) is 8.32. The number of benzene rings is 1. The van der Waals surface area contributed by atoms with Crippen LogP contribution in [-0.4, -0.2) is 63.6 Å². The number of morpholine rings is 1. The van der Waals surface area contributed by atoms with Crippen molar-refractivity contribution in [3.63, 3.8) is 0 Å². The molecule has 3 heterocycles. The molecule has 158 valence electrons. The summed E-state index contributed by atoms with van der Waals surface area (Å²) in [7, 11) is 0. The molecule has 2 aliphatic heterocycles. The molecule has 2 fully saturated rings. The van der Waals surface area contributed by atoms with Gasteiger partial charge in [0.25, 0.3) is 5.91 Å². The third-order valence-electron chi connectivity index (χ3n) is 6.17. The van der Waals surface area contributed by atoms with Crippen molar-refractivity contribution in [2.75, 3.05) is 19.8 Å². The lowest BCUT2D eigenvalue weighted by atomic mass is 9.89. The average molecular weight is 401 g/mol. The summed E-state index contributed by atoms with van der Waals surface area (Å²) in [5.74, 6) is 0.0459. The fourth-order valence-corrected chi connectivity index (χ4v) is 4.75. The van der Waals surface area contributed by atoms with E-state index in [1.54, 1.807) is 22.9 Å². The molecule has 0 saturated carbocycles. The highest BCUT2D eigenvalue weighted by Gasteiger charge is 2.39. The zero-order valence-electron chi connectivity index (χ0n) is 17.6. The Morgan fingerprint density at radius 2 is 2.03 bits per heavy atom. The van der Waals surface area contributed by atoms with Crippen molar-refractivity contribution >= 4 is 16.8 Å². The third kappa shape index (κ3) is 3.98. The van der Waals surface area contributed by atoms with Gasteiger partial charge in [-0.25, -0.2) is 0 Å². The molecule has 29 heavy (non-hydrogen) atoms. The van der Waals surface area contributed by atoms with Crippen LogP contribution in [0.1, 0.15) is 63.0 Å². The molecule has 1 aromatic carbocycles. The number of phenols is 1. The first-order chi connectivity index (χ1) is 14.0. The van der Waals surface area contributed by atoms with Gasteiger partial charge in [-0.05, 0) is 51.8 Å². The van der Waals surface area contributed by atoms with Gasteiger partial charge < -0.3 is 15.2 Å². The Labute approximate surface area is 172 Å². The predicted molar refractivity (Wildman–Crippen MR) is 112 cm³/mol. The van der Waals surface area contributed by atoms with E-state index in [1.807, 2.05) is 13.8 Å². The maximum absolute atomic E-state index is 13.1. The van der Waals surface area contributed by atoms with Crippen molar-refractivity contribution in [3.05, 3.63) is 23.9 Å². The number of aromatic nitrogens is 2. The molecule has 2 aliphatic rings. The number of hydrogen-bond acceptors (Lipinski definition) is 5. The van der Waals surface area contributed by atoms with E-state index in [1.165, 1.54) is 12.8 Å². The van der Waals surface area contributed by atoms with Crippen LogP contribution >= 0.6 is 0 Å². The highest BCUT2D eigenvalue weighted by Crippen LogP contribution is 2.29. The summed E-state index contributed by atoms with van der Waals surface area (Å²) >= 11 is 0. The maximum Gasteiger partial charge on any atom is 0.272 e. The van der Waals surface area contributed by atoms with Crippen LogP contribution < -0.4 is 5.32 Å². The molecule has 7 heteroatoms. The number of piperidine rings is 1. The first-order valence-electron chi connectivity index (χ1n) is 10.8. The lowest BCUT2D eigenvalue weighted by molar-refractivity contribution is -0.0802. The van der Waals surface area contributed by atoms with E-state index in [0.717, 1.165) is 43.5 Å². The molecule has 4 rings (SSSR count). The number of amides is 1. The molecule has 2 N–H and O–H groups in total. The topological polar surface area (TPSA) is 79.6 Å². The van der Waals surface area contributed by atoms with Crippen molar-refractivity contribution < 1.29 is 14.6 Å². The molecular weight excluding hydrogens is 368 g/mol. The maximum atomic E-state index is 13.1. The van der Waals surface area contributed by atoms with Crippen molar-refractivity contribution in [2.24, 2.45) is 0 Å². The van der Waals surface area contributed by atoms with Crippen LogP contribution in [0.15, 0.2) is 18.2 Å². The van der Waals surface area contributed by atoms with E-state index in [9.17, 15) is 9.90 Å². The normalized spacial score (nSPS) is 24.9. The lowest BCUT2D eigenvalue weighted by Gasteiger charge is -2.48. The van der Waals surface area contributed by atoms with Crippen LogP contribution in [0.3, 0.4) is 0 Å². The molecule has 1 unspecified atom stereocenters. The first kappa shape index (κ1) is 20.2. The number of hydrogen-bond donors (Lipinski definition) is 2. The molecule has 3 atom stereocenters. The van der Waals surface area contributed by atoms with E-state index < -0.39 is 0 Å². The van der Waals surface area contributed by atoms with Crippen LogP contribution in [0, 0.1) is 0 Å². The molecule has 0 aliphatic carbocycles. The molecule has 2 saturated heterocycles. The lowest BCUT2D eigenvalue weighted by Crippen LogP contribution is -2.60. The zero-order valence-corrected chi connectivity index (χ0v) is 17.6. The van der Waals surface area contributed by atoms with Gasteiger partial charge in [0.05, 0.1) is 18.7 Å². The number of nitrogens with one attached hydrogen (secondary N) is 1. The van der Waals surface area contributed by atoms with Gasteiger partial charge in [-0.1, -0.05) is 13.3 Å². The number of ether oxygens (including phenoxy) is 1. The average Bonchev–Trinajstić information content (AvgIpc) is 3.05. The van der Waals surface area contributed by atoms with E-state index in [0.29, 0.717) is 17.8 Å². The number of unbranched alkanes of at least 4 members (excludes halogenated alkanes) is 1. The summed E-state index contributed by atoms with van der Waals surface area (Å²) in [6.45, 7) is 8.87. The van der Waals surface area contributed by atoms with E-state index >= 15 is 0 Å². The molecule has 2 bridgehead atoms. The Balaban J connectivity index is 1.52. The van der Waals surface area contributed by atoms with Crippen molar-refractivity contribution in [2.45, 2.75) is 70.6 Å². The molecule has 7 nitrogen and oxygen atoms in total. The minimum atomic E-state index is -0.133. The summed E-state index contributed by atoms with van der Waals surface area (Å²) in [5.41, 5.74) is 1.22. The third-order valence-corrected chi connectivity index (χ3v) is 6.17. The van der Waals surface area contributed by atoms with Crippen LogP contribution in [0.2, 0.25) is 0 Å². The zero-order chi connectivity index (χ0) is 20.5. The highest BCUT2D eigenvalue weighted by molar-refractivity contribution is 6.05. The quantitative estimate of drug-likeness (QED) is 0.779. The Morgan fingerprint density at radius 1 is 1.31 bits per heavy atom. The van der Waals surface area contributed by atoms with E-state index in [-0.39, 0.29) is 23.7 Å². The molecule has 0 radical (unpaired) electrons. The number of carbonyl (C=O) groups is 1. The van der Waals surface area contributed by atoms with Gasteiger partial charge in [0.15, 0.2) is 5.69 Å². The van der Waals surface area contributed by atoms with Gasteiger partial charge in [-0.3, -0.25) is 14.4 Å². The van der Waals surface area contributed by atoms with Gasteiger partial charge in [-0.2, -0.15) is 5.10 Å². The Kier molecular flexibility index (Phi) is 5.79. The second-order valence-electron chi connectivity index (χ2n) is 8.67. The van der Waals surface area contributed by atoms with E-state index in [2.05, 4.69) is 22.2 Å². The molecular formula is C22H32N4O3. The summed E-state index contributed by atoms with van der Waals surface area (Å²) in [6.07, 6.45) is 4.22. The largest absolute Gasteiger partial charge is 0.508 e. The van der Waals surface area contributed by atoms with Gasteiger partial charge >= 0.3 is 0 Å². The summed E-state index contributed by atoms with van der Waals surface area (Å²) in [5, 5.41) is 18.5. The number of fused-ring (bicyclic) bond motifs is 3. The molecule has 2 aromatic rings. The fourth-order valence-electron chi connectivity index (χ4n) is 4.75. The Morgan fingerprint density at radius 3 is 2.69 bits per heavy atom. The second-order valence-corrected chi connectivity index (χ2v) is 8.67. The Hall–Kier alpha value is -2.12. The van der Waals surface area contributed by atoms with Crippen LogP contribution in [0.5, 0.6) is 5.75 Å². The standard InChI is InChI=1S/C22H32N4O3/c1-4-5-8-25-16-9-15(10-17(25)13-29-12-16)23-22(28)21-19-7-6-18(27)11-20(19)26(24-21)14(2)3/h6-7,11,14-17,27H,4-5,8-10,12-13H2,1-3H3,(H,23,28)/t15?,16-,17+. The SMILES string of the molecule is CCCCN1[C@@H]2COC[C@H]1CC(NC(=O)c1nn(C(C)C)c3cc(O)ccc13)C2. The molecule has 1 aromatic heterocycles. The highest BCUT2D eigenvalue weighted by atomic mass is 16.5. The van der Waals surface area contributed by atoms with E-state index in [4.69, 9.17) is 4.74 Å². The number of rotatable bonds is 6. The number of phenolic OH excluding ortho intramolecular Hbond substituents is 1. The number of aromatic hydroxyl groups is 1. The molecule has 0 spiro atoms. The van der Waals surface area contributed by atoms with Crippen LogP contribution in [-0.2, 0) is 4.74 Å². The fraction of sp³-hybridized carbons (Fsp3) is 0.636. The Bertz CT molecular complexity index is 864. The van der Waals surface area contributed by atoms with Gasteiger partial charge in [0, 0.05) is 35.6 Å². The summed E-state index contributed by atoms with van der Waals surface area (Å²) < 4.78 is 7.59.